The van der Waals surface area contributed by atoms with E-state index >= 15 is 0 Å². The molecule has 0 aliphatic carbocycles. The van der Waals surface area contributed by atoms with Gasteiger partial charge in [-0.25, -0.2) is 9.29 Å². The second-order valence-electron chi connectivity index (χ2n) is 5.02. The van der Waals surface area contributed by atoms with Gasteiger partial charge in [-0.15, -0.1) is 0 Å². The standard InChI is InChI=1S/C10H18FN5O3/c11-4-1-6(19-5(4)2-17)16-3-13-7-8(16)14-10(12)15-9(7)18/h4-8,10,13-14,17H,1-3,12H2,(H,15,18)/t4-,5+,6+,7?,8?,10?/m0/s1. The molecule has 0 aromatic carbocycles. The van der Waals surface area contributed by atoms with Crippen molar-refractivity contribution in [2.75, 3.05) is 13.3 Å². The van der Waals surface area contributed by atoms with E-state index in [1.807, 2.05) is 4.90 Å². The number of alkyl halides is 1. The van der Waals surface area contributed by atoms with Gasteiger partial charge in [-0.2, -0.15) is 0 Å². The van der Waals surface area contributed by atoms with Crippen LogP contribution in [0.1, 0.15) is 6.42 Å². The topological polar surface area (TPSA) is 112 Å². The Balaban J connectivity index is 1.71. The number of nitrogens with one attached hydrogen (secondary N) is 3. The lowest BCUT2D eigenvalue weighted by molar-refractivity contribution is -0.129. The van der Waals surface area contributed by atoms with Gasteiger partial charge in [0.25, 0.3) is 0 Å². The molecule has 0 spiro atoms. The van der Waals surface area contributed by atoms with Crippen molar-refractivity contribution < 1.29 is 19.0 Å². The van der Waals surface area contributed by atoms with Crippen LogP contribution < -0.4 is 21.7 Å². The van der Waals surface area contributed by atoms with Crippen molar-refractivity contribution in [1.82, 2.24) is 20.9 Å². The lowest BCUT2D eigenvalue weighted by atomic mass is 10.1. The van der Waals surface area contributed by atoms with E-state index < -0.39 is 30.8 Å². The maximum atomic E-state index is 13.6. The van der Waals surface area contributed by atoms with Gasteiger partial charge >= 0.3 is 0 Å². The van der Waals surface area contributed by atoms with Gasteiger partial charge in [0.05, 0.1) is 19.4 Å². The number of fused-ring (bicyclic) bond motifs is 1. The second-order valence-corrected chi connectivity index (χ2v) is 5.02. The van der Waals surface area contributed by atoms with Gasteiger partial charge in [0.1, 0.15) is 30.8 Å². The van der Waals surface area contributed by atoms with E-state index in [0.29, 0.717) is 6.67 Å². The number of hydrogen-bond acceptors (Lipinski definition) is 7. The Bertz CT molecular complexity index is 373. The SMILES string of the molecule is NC1NC(=O)C2NCN([C@H]3C[C@H](F)[C@@H](CO)O3)C2N1. The van der Waals surface area contributed by atoms with Crippen molar-refractivity contribution in [2.45, 2.75) is 43.4 Å². The molecule has 0 aromatic rings. The number of aliphatic hydroxyl groups excluding tert-OH is 1. The number of ether oxygens (including phenoxy) is 1. The van der Waals surface area contributed by atoms with Gasteiger partial charge in [-0.1, -0.05) is 0 Å². The van der Waals surface area contributed by atoms with Gasteiger partial charge in [0, 0.05) is 6.42 Å². The lowest BCUT2D eigenvalue weighted by Crippen LogP contribution is -2.70. The molecular formula is C10H18FN5O3. The summed E-state index contributed by atoms with van der Waals surface area (Å²) in [6, 6.07) is -0.436. The molecule has 6 atom stereocenters. The second kappa shape index (κ2) is 4.93. The number of nitrogens with two attached hydrogens (primary N) is 1. The first-order valence-corrected chi connectivity index (χ1v) is 6.31. The zero-order valence-electron chi connectivity index (χ0n) is 10.3. The Morgan fingerprint density at radius 1 is 1.58 bits per heavy atom. The summed E-state index contributed by atoms with van der Waals surface area (Å²) in [7, 11) is 0. The Hall–Kier alpha value is -0.840. The summed E-state index contributed by atoms with van der Waals surface area (Å²) in [5, 5.41) is 17.7. The zero-order valence-corrected chi connectivity index (χ0v) is 10.3. The van der Waals surface area contributed by atoms with Crippen LogP contribution >= 0.6 is 0 Å². The van der Waals surface area contributed by atoms with Crippen LogP contribution in [0.15, 0.2) is 0 Å². The molecule has 0 saturated carbocycles. The molecule has 0 bridgehead atoms. The minimum atomic E-state index is -1.19. The molecule has 0 radical (unpaired) electrons. The summed E-state index contributed by atoms with van der Waals surface area (Å²) < 4.78 is 19.1. The molecule has 3 aliphatic rings. The molecule has 108 valence electrons. The van der Waals surface area contributed by atoms with Gasteiger partial charge < -0.3 is 15.2 Å². The number of nitrogens with zero attached hydrogens (tertiary/aromatic N) is 1. The normalized spacial score (nSPS) is 47.2. The molecule has 9 heteroatoms. The highest BCUT2D eigenvalue weighted by Crippen LogP contribution is 2.29. The lowest BCUT2D eigenvalue weighted by Gasteiger charge is -2.37. The molecule has 3 saturated heterocycles. The van der Waals surface area contributed by atoms with Crippen molar-refractivity contribution in [3.8, 4) is 0 Å². The largest absolute Gasteiger partial charge is 0.394 e. The average molecular weight is 275 g/mol. The van der Waals surface area contributed by atoms with Crippen LogP contribution in [0, 0.1) is 0 Å². The predicted octanol–water partition coefficient (Wildman–Crippen LogP) is -3.05. The number of aliphatic hydroxyl groups is 1. The summed E-state index contributed by atoms with van der Waals surface area (Å²) in [6.45, 7) is 0.0540. The maximum Gasteiger partial charge on any atom is 0.242 e. The summed E-state index contributed by atoms with van der Waals surface area (Å²) >= 11 is 0. The van der Waals surface area contributed by atoms with E-state index in [4.69, 9.17) is 15.6 Å². The monoisotopic (exact) mass is 275 g/mol. The van der Waals surface area contributed by atoms with Gasteiger partial charge in [-0.3, -0.25) is 21.2 Å². The molecule has 3 aliphatic heterocycles. The molecule has 8 nitrogen and oxygen atoms in total. The third kappa shape index (κ3) is 2.22. The van der Waals surface area contributed by atoms with Crippen molar-refractivity contribution in [3.63, 3.8) is 0 Å². The molecule has 3 unspecified atom stereocenters. The molecule has 6 N–H and O–H groups in total. The maximum absolute atomic E-state index is 13.6. The fourth-order valence-electron chi connectivity index (χ4n) is 2.84. The van der Waals surface area contributed by atoms with Gasteiger partial charge in [-0.05, 0) is 0 Å². The molecule has 3 fully saturated rings. The van der Waals surface area contributed by atoms with Crippen LogP contribution in [-0.2, 0) is 9.53 Å². The number of amides is 1. The molecule has 3 rings (SSSR count). The van der Waals surface area contributed by atoms with E-state index in [1.165, 1.54) is 0 Å². The molecule has 0 aromatic heterocycles. The van der Waals surface area contributed by atoms with E-state index in [9.17, 15) is 9.18 Å². The van der Waals surface area contributed by atoms with Crippen LogP contribution in [0.2, 0.25) is 0 Å². The highest BCUT2D eigenvalue weighted by atomic mass is 19.1. The average Bonchev–Trinajstić information content (AvgIpc) is 2.92. The summed E-state index contributed by atoms with van der Waals surface area (Å²) in [5.74, 6) is -0.188. The number of halogens is 1. The first-order chi connectivity index (χ1) is 9.10. The number of carbonyl (C=O) groups is 1. The van der Waals surface area contributed by atoms with Crippen LogP contribution in [0.3, 0.4) is 0 Å². The Labute approximate surface area is 109 Å². The third-order valence-corrected chi connectivity index (χ3v) is 3.81. The van der Waals surface area contributed by atoms with Crippen LogP contribution in [-0.4, -0.2) is 66.2 Å². The van der Waals surface area contributed by atoms with Crippen molar-refractivity contribution in [1.29, 1.82) is 0 Å². The molecule has 3 heterocycles. The van der Waals surface area contributed by atoms with Crippen LogP contribution in [0.25, 0.3) is 0 Å². The summed E-state index contributed by atoms with van der Waals surface area (Å²) in [5.41, 5.74) is 5.67. The Kier molecular flexibility index (Phi) is 3.41. The fourth-order valence-corrected chi connectivity index (χ4v) is 2.84. The smallest absolute Gasteiger partial charge is 0.242 e. The highest BCUT2D eigenvalue weighted by Gasteiger charge is 2.48. The minimum absolute atomic E-state index is 0.175. The number of rotatable bonds is 2. The first kappa shape index (κ1) is 13.2. The van der Waals surface area contributed by atoms with E-state index in [1.54, 1.807) is 0 Å². The van der Waals surface area contributed by atoms with E-state index in [-0.39, 0.29) is 25.1 Å². The van der Waals surface area contributed by atoms with Gasteiger partial charge in [0.15, 0.2) is 0 Å². The van der Waals surface area contributed by atoms with Crippen molar-refractivity contribution >= 4 is 5.91 Å². The minimum Gasteiger partial charge on any atom is -0.394 e. The summed E-state index contributed by atoms with van der Waals surface area (Å²) in [4.78, 5) is 13.6. The Morgan fingerprint density at radius 2 is 2.37 bits per heavy atom. The fraction of sp³-hybridized carbons (Fsp3) is 0.900. The highest BCUT2D eigenvalue weighted by molar-refractivity contribution is 5.83. The van der Waals surface area contributed by atoms with Gasteiger partial charge in [0.2, 0.25) is 5.91 Å². The van der Waals surface area contributed by atoms with Crippen molar-refractivity contribution in [2.24, 2.45) is 5.73 Å². The number of hydrogen-bond donors (Lipinski definition) is 5. The predicted molar refractivity (Wildman–Crippen MR) is 61.9 cm³/mol. The van der Waals surface area contributed by atoms with Crippen molar-refractivity contribution in [3.05, 3.63) is 0 Å². The first-order valence-electron chi connectivity index (χ1n) is 6.31. The Morgan fingerprint density at radius 3 is 3.05 bits per heavy atom. The molecule has 19 heavy (non-hydrogen) atoms. The zero-order chi connectivity index (χ0) is 13.6. The molecule has 1 amide bonds. The molecular weight excluding hydrogens is 257 g/mol. The van der Waals surface area contributed by atoms with Crippen LogP contribution in [0.5, 0.6) is 0 Å². The quantitative estimate of drug-likeness (QED) is 0.364. The van der Waals surface area contributed by atoms with E-state index in [2.05, 4.69) is 16.0 Å². The summed E-state index contributed by atoms with van der Waals surface area (Å²) in [6.07, 6.45) is -3.25. The number of carbonyl (C=O) groups excluding carboxylic acids is 1. The third-order valence-electron chi connectivity index (χ3n) is 3.81. The van der Waals surface area contributed by atoms with E-state index in [0.717, 1.165) is 0 Å². The van der Waals surface area contributed by atoms with Crippen LogP contribution in [0.4, 0.5) is 4.39 Å².